The fraction of sp³-hybridized carbons (Fsp3) is 0.667. The maximum absolute atomic E-state index is 8.67. The average Bonchev–Trinajstić information content (AvgIpc) is 2.03. The summed E-state index contributed by atoms with van der Waals surface area (Å²) in [7, 11) is 0. The first-order valence-corrected chi connectivity index (χ1v) is 4.16. The molecule has 0 aromatic rings. The van der Waals surface area contributed by atoms with Gasteiger partial charge in [-0.1, -0.05) is 13.8 Å². The maximum atomic E-state index is 8.67. The molecule has 2 N–H and O–H groups in total. The van der Waals surface area contributed by atoms with Gasteiger partial charge >= 0.3 is 0 Å². The van der Waals surface area contributed by atoms with Gasteiger partial charge in [0.2, 0.25) is 0 Å². The van der Waals surface area contributed by atoms with Crippen LogP contribution >= 0.6 is 0 Å². The Hall–Kier alpha value is -0.950. The molecule has 0 unspecified atom stereocenters. The quantitative estimate of drug-likeness (QED) is 0.566. The first kappa shape index (κ1) is 17.2. The van der Waals surface area contributed by atoms with Crippen LogP contribution in [0.1, 0.15) is 26.7 Å². The summed E-state index contributed by atoms with van der Waals surface area (Å²) in [5.74, 6) is 0. The summed E-state index contributed by atoms with van der Waals surface area (Å²) in [5, 5.41) is 15.2. The van der Waals surface area contributed by atoms with Crippen LogP contribution in [0.25, 0.3) is 0 Å². The SMILES string of the molecule is CCC#N.CCC#N.O=S(O)O. The molecule has 12 heavy (non-hydrogen) atoms. The monoisotopic (exact) mass is 192 g/mol. The predicted molar refractivity (Wildman–Crippen MR) is 45.2 cm³/mol. The van der Waals surface area contributed by atoms with Crippen molar-refractivity contribution in [3.05, 3.63) is 0 Å². The lowest BCUT2D eigenvalue weighted by Gasteiger charge is -1.59. The molecule has 0 spiro atoms. The zero-order valence-electron chi connectivity index (χ0n) is 7.02. The van der Waals surface area contributed by atoms with Crippen LogP contribution in [0.15, 0.2) is 0 Å². The zero-order chi connectivity index (χ0) is 10.4. The minimum atomic E-state index is -2.61. The zero-order valence-corrected chi connectivity index (χ0v) is 7.84. The first-order valence-electron chi connectivity index (χ1n) is 3.10. The van der Waals surface area contributed by atoms with Crippen LogP contribution in [0.2, 0.25) is 0 Å². The number of hydrogen-bond donors (Lipinski definition) is 2. The molecule has 0 aliphatic rings. The van der Waals surface area contributed by atoms with E-state index in [2.05, 4.69) is 0 Å². The van der Waals surface area contributed by atoms with Gasteiger partial charge in [0, 0.05) is 12.8 Å². The van der Waals surface area contributed by atoms with Gasteiger partial charge in [0.05, 0.1) is 12.1 Å². The van der Waals surface area contributed by atoms with Crippen molar-refractivity contribution in [2.24, 2.45) is 0 Å². The molecule has 0 fully saturated rings. The highest BCUT2D eigenvalue weighted by Gasteiger charge is 1.62. The van der Waals surface area contributed by atoms with Crippen LogP contribution in [0.4, 0.5) is 0 Å². The van der Waals surface area contributed by atoms with Crippen molar-refractivity contribution in [2.45, 2.75) is 26.7 Å². The summed E-state index contributed by atoms with van der Waals surface area (Å²) >= 11 is -2.61. The lowest BCUT2D eigenvalue weighted by atomic mass is 10.6. The summed E-state index contributed by atoms with van der Waals surface area (Å²) in [6.07, 6.45) is 1.25. The second kappa shape index (κ2) is 22.5. The van der Waals surface area contributed by atoms with Gasteiger partial charge in [0.1, 0.15) is 0 Å². The Labute approximate surface area is 74.7 Å². The molecule has 0 radical (unpaired) electrons. The Morgan fingerprint density at radius 2 is 1.25 bits per heavy atom. The molecule has 0 saturated heterocycles. The van der Waals surface area contributed by atoms with E-state index in [1.165, 1.54) is 0 Å². The molecule has 0 aliphatic heterocycles. The van der Waals surface area contributed by atoms with Crippen LogP contribution in [0, 0.1) is 22.7 Å². The van der Waals surface area contributed by atoms with E-state index in [4.69, 9.17) is 23.8 Å². The van der Waals surface area contributed by atoms with Gasteiger partial charge in [-0.2, -0.15) is 14.7 Å². The molecule has 0 amide bonds. The molecular weight excluding hydrogens is 180 g/mol. The molecule has 0 aliphatic carbocycles. The number of nitrogens with zero attached hydrogens (tertiary/aromatic N) is 2. The van der Waals surface area contributed by atoms with E-state index < -0.39 is 11.4 Å². The third-order valence-corrected chi connectivity index (χ3v) is 0.316. The summed E-state index contributed by atoms with van der Waals surface area (Å²) in [6, 6.07) is 3.86. The Kier molecular flexibility index (Phi) is 32.3. The molecule has 0 heterocycles. The van der Waals surface area contributed by atoms with E-state index in [0.717, 1.165) is 0 Å². The highest BCUT2D eigenvalue weighted by Crippen LogP contribution is 1.58. The van der Waals surface area contributed by atoms with Crippen molar-refractivity contribution in [2.75, 3.05) is 0 Å². The van der Waals surface area contributed by atoms with Crippen LogP contribution in [-0.2, 0) is 11.4 Å². The average molecular weight is 192 g/mol. The Balaban J connectivity index is -0.000000101. The van der Waals surface area contributed by atoms with Gasteiger partial charge in [0.15, 0.2) is 0 Å². The largest absolute Gasteiger partial charge is 0.299 e. The molecule has 0 saturated carbocycles. The van der Waals surface area contributed by atoms with Crippen LogP contribution in [-0.4, -0.2) is 13.3 Å². The fourth-order valence-corrected chi connectivity index (χ4v) is 0. The van der Waals surface area contributed by atoms with Gasteiger partial charge in [-0.3, -0.25) is 9.11 Å². The van der Waals surface area contributed by atoms with Crippen molar-refractivity contribution >= 4 is 11.4 Å². The summed E-state index contributed by atoms with van der Waals surface area (Å²) in [6.45, 7) is 3.64. The number of nitriles is 2. The van der Waals surface area contributed by atoms with Crippen LogP contribution in [0.5, 0.6) is 0 Å². The number of rotatable bonds is 0. The smallest absolute Gasteiger partial charge is 0.284 e. The molecule has 6 heteroatoms. The minimum absolute atomic E-state index is 0.625. The molecule has 0 rings (SSSR count). The third-order valence-electron chi connectivity index (χ3n) is 0.316. The van der Waals surface area contributed by atoms with Crippen LogP contribution < -0.4 is 0 Å². The van der Waals surface area contributed by atoms with Gasteiger partial charge in [-0.25, -0.2) is 0 Å². The summed E-state index contributed by atoms with van der Waals surface area (Å²) in [4.78, 5) is 0. The molecular formula is C6H12N2O3S. The lowest BCUT2D eigenvalue weighted by molar-refractivity contribution is 0.454. The number of hydrogen-bond acceptors (Lipinski definition) is 3. The Morgan fingerprint density at radius 1 is 1.17 bits per heavy atom. The Morgan fingerprint density at radius 3 is 1.25 bits per heavy atom. The topological polar surface area (TPSA) is 105 Å². The van der Waals surface area contributed by atoms with E-state index in [0.29, 0.717) is 12.8 Å². The van der Waals surface area contributed by atoms with Crippen molar-refractivity contribution in [3.8, 4) is 12.1 Å². The van der Waals surface area contributed by atoms with Gasteiger partial charge in [-0.15, -0.1) is 0 Å². The molecule has 0 bridgehead atoms. The Bertz CT molecular complexity index is 153. The third kappa shape index (κ3) is 532. The van der Waals surface area contributed by atoms with E-state index in [9.17, 15) is 0 Å². The lowest BCUT2D eigenvalue weighted by Crippen LogP contribution is -1.74. The molecule has 0 atom stereocenters. The standard InChI is InChI=1S/2C3H5N.H2O3S/c2*1-2-3-4;1-4(2)3/h2*2H2,1H3;(H2,1,2,3). The minimum Gasteiger partial charge on any atom is -0.284 e. The fourth-order valence-electron chi connectivity index (χ4n) is 0. The molecule has 70 valence electrons. The van der Waals surface area contributed by atoms with E-state index in [1.807, 2.05) is 26.0 Å². The normalized spacial score (nSPS) is 6.25. The second-order valence-corrected chi connectivity index (χ2v) is 1.72. The molecule has 5 nitrogen and oxygen atoms in total. The summed E-state index contributed by atoms with van der Waals surface area (Å²) < 4.78 is 22.8. The van der Waals surface area contributed by atoms with Crippen LogP contribution in [0.3, 0.4) is 0 Å². The van der Waals surface area contributed by atoms with E-state index >= 15 is 0 Å². The van der Waals surface area contributed by atoms with Crippen molar-refractivity contribution < 1.29 is 13.3 Å². The van der Waals surface area contributed by atoms with Gasteiger partial charge in [-0.05, 0) is 0 Å². The van der Waals surface area contributed by atoms with Crippen molar-refractivity contribution in [1.82, 2.24) is 0 Å². The molecule has 0 aromatic carbocycles. The van der Waals surface area contributed by atoms with Gasteiger partial charge in [0.25, 0.3) is 11.4 Å². The summed E-state index contributed by atoms with van der Waals surface area (Å²) in [5.41, 5.74) is 0. The van der Waals surface area contributed by atoms with Crippen molar-refractivity contribution in [1.29, 1.82) is 10.5 Å². The highest BCUT2D eigenvalue weighted by molar-refractivity contribution is 7.73. The maximum Gasteiger partial charge on any atom is 0.299 e. The first-order chi connectivity index (χ1) is 5.56. The highest BCUT2D eigenvalue weighted by atomic mass is 32.2. The van der Waals surface area contributed by atoms with Gasteiger partial charge < -0.3 is 0 Å². The van der Waals surface area contributed by atoms with E-state index in [-0.39, 0.29) is 0 Å². The van der Waals surface area contributed by atoms with Crippen molar-refractivity contribution in [3.63, 3.8) is 0 Å². The second-order valence-electron chi connectivity index (χ2n) is 1.25. The molecule has 0 aromatic heterocycles. The predicted octanol–water partition coefficient (Wildman–Crippen LogP) is 1.52. The van der Waals surface area contributed by atoms with E-state index in [1.54, 1.807) is 0 Å².